The number of ether oxygens (including phenoxy) is 1. The number of nitrogens with one attached hydrogen (secondary N) is 1. The molecule has 1 aromatic carbocycles. The van der Waals surface area contributed by atoms with Crippen LogP contribution in [0.15, 0.2) is 48.8 Å². The third-order valence-electron chi connectivity index (χ3n) is 7.53. The van der Waals surface area contributed by atoms with E-state index in [1.54, 1.807) is 19.5 Å². The van der Waals surface area contributed by atoms with Gasteiger partial charge in [-0.15, -0.1) is 0 Å². The second kappa shape index (κ2) is 16.2. The number of rotatable bonds is 6. The number of aliphatic carboxylic acids is 2. The molecule has 17 heteroatoms. The van der Waals surface area contributed by atoms with Gasteiger partial charge >= 0.3 is 24.3 Å². The second-order valence-corrected chi connectivity index (χ2v) is 10.3. The molecular weight excluding hydrogens is 630 g/mol. The summed E-state index contributed by atoms with van der Waals surface area (Å²) in [7, 11) is 1.63. The summed E-state index contributed by atoms with van der Waals surface area (Å²) in [6.45, 7) is 5.23. The molecule has 2 fully saturated rings. The van der Waals surface area contributed by atoms with Gasteiger partial charge in [-0.3, -0.25) is 19.5 Å². The van der Waals surface area contributed by atoms with Gasteiger partial charge in [0.15, 0.2) is 0 Å². The first-order valence-electron chi connectivity index (χ1n) is 13.9. The predicted molar refractivity (Wildman–Crippen MR) is 151 cm³/mol. The predicted octanol–water partition coefficient (Wildman–Crippen LogP) is 4.24. The Balaban J connectivity index is 0.000000440. The first kappa shape index (κ1) is 37.8. The number of pyridine rings is 1. The van der Waals surface area contributed by atoms with Gasteiger partial charge in [-0.25, -0.2) is 9.59 Å². The van der Waals surface area contributed by atoms with Gasteiger partial charge in [-0.1, -0.05) is 19.1 Å². The van der Waals surface area contributed by atoms with Crippen molar-refractivity contribution in [1.29, 1.82) is 0 Å². The number of benzene rings is 1. The smallest absolute Gasteiger partial charge is 0.490 e. The number of carboxylic acid groups (broad SMARTS) is 2. The maximum absolute atomic E-state index is 13.5. The molecule has 46 heavy (non-hydrogen) atoms. The SMILES string of the molecule is CCN1CC[C@@]2(C(=O)Nc3cccnc3)CCN(C(=O)Cc3cccc(OC)c3)CC[C@@H]12.O=C(O)C(F)(F)F.O=C(O)C(F)(F)F. The molecule has 4 rings (SSSR count). The topological polar surface area (TPSA) is 149 Å². The molecule has 0 aliphatic carbocycles. The van der Waals surface area contributed by atoms with Crippen LogP contribution in [-0.2, 0) is 25.6 Å². The Morgan fingerprint density at radius 3 is 2.11 bits per heavy atom. The van der Waals surface area contributed by atoms with Crippen LogP contribution < -0.4 is 10.1 Å². The fourth-order valence-electron chi connectivity index (χ4n) is 5.26. The van der Waals surface area contributed by atoms with E-state index in [1.165, 1.54) is 0 Å². The number of carbonyl (C=O) groups is 4. The number of carbonyl (C=O) groups excluding carboxylic acids is 2. The van der Waals surface area contributed by atoms with Crippen molar-refractivity contribution in [2.75, 3.05) is 38.6 Å². The molecule has 0 saturated carbocycles. The van der Waals surface area contributed by atoms with Crippen molar-refractivity contribution in [1.82, 2.24) is 14.8 Å². The van der Waals surface area contributed by atoms with Gasteiger partial charge < -0.3 is 25.2 Å². The average molecular weight is 665 g/mol. The Morgan fingerprint density at radius 1 is 0.978 bits per heavy atom. The van der Waals surface area contributed by atoms with E-state index in [0.29, 0.717) is 25.9 Å². The number of carboxylic acids is 2. The van der Waals surface area contributed by atoms with Crippen molar-refractivity contribution in [2.24, 2.45) is 5.41 Å². The molecule has 2 atom stereocenters. The highest BCUT2D eigenvalue weighted by Gasteiger charge is 2.53. The molecule has 0 unspecified atom stereocenters. The standard InChI is InChI=1S/C25H32N4O3.2C2HF3O2/c1-3-28-14-10-25(24(31)27-20-7-5-12-26-18-20)11-15-29(13-9-22(25)28)23(30)17-19-6-4-8-21(16-19)32-2;2*3-2(4,5)1(6)7/h4-8,12,16,18,22H,3,9-11,13-15,17H2,1-2H3,(H,27,31);2*(H,6,7)/t22-,25-;;/m1../s1. The maximum Gasteiger partial charge on any atom is 0.490 e. The van der Waals surface area contributed by atoms with E-state index in [-0.39, 0.29) is 17.9 Å². The number of hydrogen-bond donors (Lipinski definition) is 3. The number of aromatic nitrogens is 1. The molecule has 254 valence electrons. The number of amides is 2. The minimum absolute atomic E-state index is 0.0496. The zero-order chi connectivity index (χ0) is 34.7. The highest BCUT2D eigenvalue weighted by molar-refractivity contribution is 5.96. The molecule has 3 heterocycles. The van der Waals surface area contributed by atoms with E-state index in [9.17, 15) is 35.9 Å². The molecule has 0 radical (unpaired) electrons. The Bertz CT molecular complexity index is 1320. The fourth-order valence-corrected chi connectivity index (χ4v) is 5.26. The van der Waals surface area contributed by atoms with Crippen LogP contribution >= 0.6 is 0 Å². The summed E-state index contributed by atoms with van der Waals surface area (Å²) in [5, 5.41) is 17.3. The van der Waals surface area contributed by atoms with Crippen molar-refractivity contribution < 1.29 is 60.5 Å². The third kappa shape index (κ3) is 10.6. The van der Waals surface area contributed by atoms with E-state index in [0.717, 1.165) is 42.9 Å². The summed E-state index contributed by atoms with van der Waals surface area (Å²) < 4.78 is 68.8. The second-order valence-electron chi connectivity index (χ2n) is 10.3. The van der Waals surface area contributed by atoms with Crippen LogP contribution in [0.5, 0.6) is 5.75 Å². The van der Waals surface area contributed by atoms with Crippen LogP contribution in [0.4, 0.5) is 32.0 Å². The minimum Gasteiger partial charge on any atom is -0.497 e. The van der Waals surface area contributed by atoms with Crippen LogP contribution in [0, 0.1) is 5.41 Å². The van der Waals surface area contributed by atoms with Gasteiger partial charge in [-0.05, 0) is 62.2 Å². The quantitative estimate of drug-likeness (QED) is 0.386. The molecule has 2 aromatic rings. The number of halogens is 6. The van der Waals surface area contributed by atoms with Gasteiger partial charge in [0.2, 0.25) is 11.8 Å². The lowest BCUT2D eigenvalue weighted by Crippen LogP contribution is -2.47. The summed E-state index contributed by atoms with van der Waals surface area (Å²) in [5.74, 6) is -4.61. The van der Waals surface area contributed by atoms with Gasteiger partial charge in [0.25, 0.3) is 0 Å². The summed E-state index contributed by atoms with van der Waals surface area (Å²) in [4.78, 5) is 52.9. The summed E-state index contributed by atoms with van der Waals surface area (Å²) in [6.07, 6.45) is -4.16. The number of likely N-dealkylation sites (tertiary alicyclic amines) is 2. The van der Waals surface area contributed by atoms with Crippen LogP contribution in [0.3, 0.4) is 0 Å². The van der Waals surface area contributed by atoms with Crippen molar-refractivity contribution >= 4 is 29.4 Å². The Kier molecular flexibility index (Phi) is 13.3. The molecule has 2 saturated heterocycles. The van der Waals surface area contributed by atoms with E-state index >= 15 is 0 Å². The van der Waals surface area contributed by atoms with Crippen molar-refractivity contribution in [2.45, 2.75) is 51.0 Å². The molecule has 2 aliphatic heterocycles. The first-order valence-corrected chi connectivity index (χ1v) is 13.9. The lowest BCUT2D eigenvalue weighted by molar-refractivity contribution is -0.193. The Labute approximate surface area is 260 Å². The summed E-state index contributed by atoms with van der Waals surface area (Å²) in [5.41, 5.74) is 1.17. The highest BCUT2D eigenvalue weighted by atomic mass is 19.4. The number of methoxy groups -OCH3 is 1. The molecule has 2 aliphatic rings. The highest BCUT2D eigenvalue weighted by Crippen LogP contribution is 2.44. The van der Waals surface area contributed by atoms with Crippen molar-refractivity contribution in [3.05, 3.63) is 54.4 Å². The van der Waals surface area contributed by atoms with Gasteiger partial charge in [-0.2, -0.15) is 26.3 Å². The normalized spacial score (nSPS) is 19.7. The van der Waals surface area contributed by atoms with Gasteiger partial charge in [0, 0.05) is 25.3 Å². The Hall–Kier alpha value is -4.41. The van der Waals surface area contributed by atoms with E-state index in [2.05, 4.69) is 22.1 Å². The van der Waals surface area contributed by atoms with Gasteiger partial charge in [0.1, 0.15) is 5.75 Å². The average Bonchev–Trinajstić information content (AvgIpc) is 3.24. The molecule has 0 spiro atoms. The van der Waals surface area contributed by atoms with E-state index in [4.69, 9.17) is 24.5 Å². The fraction of sp³-hybridized carbons (Fsp3) is 0.483. The molecule has 2 amide bonds. The van der Waals surface area contributed by atoms with Crippen molar-refractivity contribution in [3.63, 3.8) is 0 Å². The number of nitrogens with zero attached hydrogens (tertiary/aromatic N) is 3. The van der Waals surface area contributed by atoms with Crippen LogP contribution in [-0.4, -0.2) is 100 Å². The number of anilines is 1. The molecule has 11 nitrogen and oxygen atoms in total. The largest absolute Gasteiger partial charge is 0.497 e. The third-order valence-corrected chi connectivity index (χ3v) is 7.53. The van der Waals surface area contributed by atoms with E-state index in [1.807, 2.05) is 41.3 Å². The van der Waals surface area contributed by atoms with E-state index < -0.39 is 29.7 Å². The van der Waals surface area contributed by atoms with Gasteiger partial charge in [0.05, 0.1) is 30.8 Å². The lowest BCUT2D eigenvalue weighted by Gasteiger charge is -2.35. The molecule has 1 aromatic heterocycles. The summed E-state index contributed by atoms with van der Waals surface area (Å²) >= 11 is 0. The maximum atomic E-state index is 13.5. The zero-order valence-electron chi connectivity index (χ0n) is 24.9. The Morgan fingerprint density at radius 2 is 1.59 bits per heavy atom. The molecule has 3 N–H and O–H groups in total. The summed E-state index contributed by atoms with van der Waals surface area (Å²) in [6, 6.07) is 11.5. The minimum atomic E-state index is -5.08. The number of fused-ring (bicyclic) bond motifs is 1. The van der Waals surface area contributed by atoms with Crippen LogP contribution in [0.25, 0.3) is 0 Å². The molecular formula is C29H34F6N4O7. The number of hydrogen-bond acceptors (Lipinski definition) is 7. The lowest BCUT2D eigenvalue weighted by atomic mass is 9.75. The monoisotopic (exact) mass is 664 g/mol. The van der Waals surface area contributed by atoms with Crippen molar-refractivity contribution in [3.8, 4) is 5.75 Å². The van der Waals surface area contributed by atoms with Crippen LogP contribution in [0.1, 0.15) is 31.7 Å². The zero-order valence-corrected chi connectivity index (χ0v) is 24.9. The first-order chi connectivity index (χ1) is 21.4. The van der Waals surface area contributed by atoms with Crippen LogP contribution in [0.2, 0.25) is 0 Å². The number of alkyl halides is 6. The molecule has 0 bridgehead atoms.